The second kappa shape index (κ2) is 9.96. The van der Waals surface area contributed by atoms with Crippen LogP contribution in [0.1, 0.15) is 46.0 Å². The van der Waals surface area contributed by atoms with Crippen molar-refractivity contribution in [2.45, 2.75) is 52.1 Å². The molecule has 0 aromatic heterocycles. The normalized spacial score (nSPS) is 12.3. The van der Waals surface area contributed by atoms with Gasteiger partial charge in [-0.25, -0.2) is 0 Å². The average Bonchev–Trinajstić information content (AvgIpc) is 1.80. The monoisotopic (exact) mass is 152 g/mol. The zero-order chi connectivity index (χ0) is 7.11. The predicted molar refractivity (Wildman–Crippen MR) is 38.2 cm³/mol. The Morgan fingerprint density at radius 3 is 2.20 bits per heavy atom. The van der Waals surface area contributed by atoms with Gasteiger partial charge in [0.05, 0.1) is 0 Å². The summed E-state index contributed by atoms with van der Waals surface area (Å²) in [5.41, 5.74) is 0. The number of rotatable bonds is 5. The van der Waals surface area contributed by atoms with Crippen LogP contribution >= 0.6 is 0 Å². The molecular formula is C8H17NaO. The second-order valence-electron chi connectivity index (χ2n) is 2.66. The van der Waals surface area contributed by atoms with E-state index >= 15 is 0 Å². The summed E-state index contributed by atoms with van der Waals surface area (Å²) >= 11 is 0. The first-order chi connectivity index (χ1) is 4.27. The Bertz CT molecular complexity index is 55.2. The zero-order valence-corrected chi connectivity index (χ0v) is 9.52. The van der Waals surface area contributed by atoms with E-state index in [9.17, 15) is 5.11 Å². The minimum atomic E-state index is -0.346. The maximum Gasteiger partial charge on any atom is 1.00 e. The third-order valence-electron chi connectivity index (χ3n) is 1.46. The Labute approximate surface area is 86.5 Å². The van der Waals surface area contributed by atoms with Crippen molar-refractivity contribution in [3.05, 3.63) is 0 Å². The van der Waals surface area contributed by atoms with Gasteiger partial charge in [-0.15, -0.1) is 6.10 Å². The predicted octanol–water partition coefficient (Wildman–Crippen LogP) is -1.29. The smallest absolute Gasteiger partial charge is 0.852 e. The van der Waals surface area contributed by atoms with E-state index in [4.69, 9.17) is 0 Å². The van der Waals surface area contributed by atoms with Gasteiger partial charge < -0.3 is 5.11 Å². The Morgan fingerprint density at radius 2 is 1.80 bits per heavy atom. The van der Waals surface area contributed by atoms with Gasteiger partial charge in [-0.2, -0.15) is 0 Å². The first kappa shape index (κ1) is 13.5. The quantitative estimate of drug-likeness (QED) is 0.355. The SMILES string of the molecule is CCCCCCC(C)[O-].[Na+]. The molecule has 0 amide bonds. The average molecular weight is 152 g/mol. The molecule has 0 heterocycles. The summed E-state index contributed by atoms with van der Waals surface area (Å²) in [4.78, 5) is 0. The maximum absolute atomic E-state index is 10.5. The van der Waals surface area contributed by atoms with Crippen LogP contribution in [0.5, 0.6) is 0 Å². The largest absolute Gasteiger partial charge is 1.00 e. The van der Waals surface area contributed by atoms with Crippen molar-refractivity contribution in [3.63, 3.8) is 0 Å². The minimum Gasteiger partial charge on any atom is -0.852 e. The summed E-state index contributed by atoms with van der Waals surface area (Å²) in [6.07, 6.45) is 5.42. The van der Waals surface area contributed by atoms with E-state index in [2.05, 4.69) is 6.92 Å². The molecule has 0 aromatic rings. The summed E-state index contributed by atoms with van der Waals surface area (Å²) < 4.78 is 0. The molecular weight excluding hydrogens is 135 g/mol. The van der Waals surface area contributed by atoms with E-state index in [0.29, 0.717) is 0 Å². The number of hydrogen-bond acceptors (Lipinski definition) is 1. The Morgan fingerprint density at radius 1 is 1.20 bits per heavy atom. The second-order valence-corrected chi connectivity index (χ2v) is 2.66. The molecule has 0 saturated heterocycles. The molecule has 0 aliphatic carbocycles. The van der Waals surface area contributed by atoms with Crippen LogP contribution in [0.25, 0.3) is 0 Å². The van der Waals surface area contributed by atoms with E-state index in [1.165, 1.54) is 19.3 Å². The molecule has 1 atom stereocenters. The van der Waals surface area contributed by atoms with Crippen LogP contribution in [0, 0.1) is 0 Å². The molecule has 10 heavy (non-hydrogen) atoms. The Hall–Kier alpha value is 0.960. The minimum absolute atomic E-state index is 0. The van der Waals surface area contributed by atoms with Gasteiger partial charge in [0, 0.05) is 0 Å². The van der Waals surface area contributed by atoms with Gasteiger partial charge in [0.2, 0.25) is 0 Å². The molecule has 0 aliphatic rings. The summed E-state index contributed by atoms with van der Waals surface area (Å²) in [5, 5.41) is 10.5. The van der Waals surface area contributed by atoms with Crippen molar-refractivity contribution in [1.82, 2.24) is 0 Å². The third kappa shape index (κ3) is 11.7. The van der Waals surface area contributed by atoms with Crippen LogP contribution in [-0.4, -0.2) is 6.10 Å². The topological polar surface area (TPSA) is 23.1 Å². The molecule has 0 rings (SSSR count). The van der Waals surface area contributed by atoms with Crippen LogP contribution in [0.3, 0.4) is 0 Å². The molecule has 1 nitrogen and oxygen atoms in total. The van der Waals surface area contributed by atoms with E-state index in [1.54, 1.807) is 6.92 Å². The molecule has 2 heteroatoms. The molecule has 0 spiro atoms. The molecule has 0 N–H and O–H groups in total. The van der Waals surface area contributed by atoms with Gasteiger partial charge >= 0.3 is 29.6 Å². The molecule has 0 aliphatic heterocycles. The van der Waals surface area contributed by atoms with E-state index in [1.807, 2.05) is 0 Å². The number of unbranched alkanes of at least 4 members (excludes halogenated alkanes) is 3. The van der Waals surface area contributed by atoms with E-state index in [-0.39, 0.29) is 35.7 Å². The molecule has 0 radical (unpaired) electrons. The Balaban J connectivity index is 0. The van der Waals surface area contributed by atoms with Gasteiger partial charge in [0.1, 0.15) is 0 Å². The van der Waals surface area contributed by atoms with Crippen LogP contribution in [0.2, 0.25) is 0 Å². The van der Waals surface area contributed by atoms with Crippen LogP contribution in [0.15, 0.2) is 0 Å². The van der Waals surface area contributed by atoms with Gasteiger partial charge in [-0.3, -0.25) is 0 Å². The summed E-state index contributed by atoms with van der Waals surface area (Å²) in [6.45, 7) is 3.92. The van der Waals surface area contributed by atoms with Crippen molar-refractivity contribution in [2.24, 2.45) is 0 Å². The fraction of sp³-hybridized carbons (Fsp3) is 1.00. The molecule has 0 bridgehead atoms. The molecule has 0 aromatic carbocycles. The van der Waals surface area contributed by atoms with Crippen LogP contribution < -0.4 is 34.7 Å². The summed E-state index contributed by atoms with van der Waals surface area (Å²) in [5.74, 6) is 0. The molecule has 0 fully saturated rings. The van der Waals surface area contributed by atoms with Gasteiger partial charge in [-0.05, 0) is 0 Å². The standard InChI is InChI=1S/C8H17O.Na/c1-3-4-5-6-7-8(2)9;/h8H,3-7H2,1-2H3;/q-1;+1. The molecule has 56 valence electrons. The summed E-state index contributed by atoms with van der Waals surface area (Å²) in [6, 6.07) is 0. The number of hydrogen-bond donors (Lipinski definition) is 0. The van der Waals surface area contributed by atoms with Crippen LogP contribution in [0.4, 0.5) is 0 Å². The van der Waals surface area contributed by atoms with Gasteiger partial charge in [0.25, 0.3) is 0 Å². The van der Waals surface area contributed by atoms with Crippen LogP contribution in [-0.2, 0) is 0 Å². The zero-order valence-electron chi connectivity index (χ0n) is 7.52. The van der Waals surface area contributed by atoms with Gasteiger partial charge in [0.15, 0.2) is 0 Å². The molecule has 1 unspecified atom stereocenters. The van der Waals surface area contributed by atoms with E-state index < -0.39 is 0 Å². The van der Waals surface area contributed by atoms with Crippen molar-refractivity contribution < 1.29 is 34.7 Å². The van der Waals surface area contributed by atoms with Crippen molar-refractivity contribution in [2.75, 3.05) is 0 Å². The maximum atomic E-state index is 10.5. The fourth-order valence-corrected chi connectivity index (χ4v) is 0.859. The first-order valence-corrected chi connectivity index (χ1v) is 3.93. The first-order valence-electron chi connectivity index (χ1n) is 3.93. The van der Waals surface area contributed by atoms with Gasteiger partial charge in [-0.1, -0.05) is 46.0 Å². The third-order valence-corrected chi connectivity index (χ3v) is 1.46. The molecule has 0 saturated carbocycles. The van der Waals surface area contributed by atoms with E-state index in [0.717, 1.165) is 12.8 Å². The van der Waals surface area contributed by atoms with Crippen molar-refractivity contribution >= 4 is 0 Å². The fourth-order valence-electron chi connectivity index (χ4n) is 0.859. The Kier molecular flexibility index (Phi) is 13.5. The summed E-state index contributed by atoms with van der Waals surface area (Å²) in [7, 11) is 0. The van der Waals surface area contributed by atoms with Crippen molar-refractivity contribution in [1.29, 1.82) is 0 Å². The van der Waals surface area contributed by atoms with Crippen molar-refractivity contribution in [3.8, 4) is 0 Å².